The van der Waals surface area contributed by atoms with Crippen molar-refractivity contribution in [1.29, 1.82) is 0 Å². The zero-order valence-corrected chi connectivity index (χ0v) is 12.3. The van der Waals surface area contributed by atoms with Gasteiger partial charge in [-0.2, -0.15) is 0 Å². The Morgan fingerprint density at radius 3 is 2.84 bits per heavy atom. The van der Waals surface area contributed by atoms with Crippen molar-refractivity contribution >= 4 is 17.3 Å². The van der Waals surface area contributed by atoms with Gasteiger partial charge in [-0.05, 0) is 31.3 Å². The normalized spacial score (nSPS) is 18.2. The Balaban J connectivity index is 1.76. The number of carbonyl (C=O) groups is 1. The monoisotopic (exact) mass is 282 g/mol. The Labute approximate surface area is 119 Å². The molecular weight excluding hydrogens is 260 g/mol. The summed E-state index contributed by atoms with van der Waals surface area (Å²) in [5.74, 6) is -0.103. The predicted octanol–water partition coefficient (Wildman–Crippen LogP) is 1.82. The third-order valence-electron chi connectivity index (χ3n) is 3.30. The van der Waals surface area contributed by atoms with Crippen LogP contribution in [-0.4, -0.2) is 55.1 Å². The minimum Gasteiger partial charge on any atom is -0.465 e. The number of esters is 1. The molecule has 0 aliphatic carbocycles. The minimum atomic E-state index is -0.103. The van der Waals surface area contributed by atoms with Gasteiger partial charge in [0.15, 0.2) is 0 Å². The van der Waals surface area contributed by atoms with Crippen LogP contribution in [0.25, 0.3) is 0 Å². The molecule has 0 spiro atoms. The molecule has 1 aliphatic rings. The third kappa shape index (κ3) is 4.93. The Bertz CT molecular complexity index is 381. The van der Waals surface area contributed by atoms with Crippen LogP contribution in [0.3, 0.4) is 0 Å². The molecule has 4 nitrogen and oxygen atoms in total. The summed E-state index contributed by atoms with van der Waals surface area (Å²) in [5.41, 5.74) is 0. The lowest BCUT2D eigenvalue weighted by Crippen LogP contribution is -2.34. The van der Waals surface area contributed by atoms with Crippen molar-refractivity contribution in [2.45, 2.75) is 19.9 Å². The van der Waals surface area contributed by atoms with Crippen molar-refractivity contribution in [1.82, 2.24) is 9.80 Å². The van der Waals surface area contributed by atoms with E-state index in [0.29, 0.717) is 13.2 Å². The average Bonchev–Trinajstić information content (AvgIpc) is 2.79. The molecule has 1 aliphatic heterocycles. The Kier molecular flexibility index (Phi) is 5.82. The first-order valence-corrected chi connectivity index (χ1v) is 7.78. The fourth-order valence-corrected chi connectivity index (χ4v) is 3.10. The van der Waals surface area contributed by atoms with E-state index in [0.717, 1.165) is 39.1 Å². The van der Waals surface area contributed by atoms with Crippen LogP contribution in [0.2, 0.25) is 0 Å². The van der Waals surface area contributed by atoms with Crippen LogP contribution >= 0.6 is 11.3 Å². The maximum atomic E-state index is 11.5. The fraction of sp³-hybridized carbons (Fsp3) is 0.643. The lowest BCUT2D eigenvalue weighted by atomic mass is 10.3. The lowest BCUT2D eigenvalue weighted by Gasteiger charge is -2.20. The third-order valence-corrected chi connectivity index (χ3v) is 4.16. The number of hydrogen-bond donors (Lipinski definition) is 0. The molecule has 0 N–H and O–H groups in total. The van der Waals surface area contributed by atoms with Gasteiger partial charge in [0.1, 0.15) is 0 Å². The number of ether oxygens (including phenoxy) is 1. The van der Waals surface area contributed by atoms with Gasteiger partial charge in [-0.25, -0.2) is 0 Å². The van der Waals surface area contributed by atoms with Gasteiger partial charge in [0.2, 0.25) is 0 Å². The molecule has 0 aromatic carbocycles. The predicted molar refractivity (Wildman–Crippen MR) is 77.3 cm³/mol. The summed E-state index contributed by atoms with van der Waals surface area (Å²) in [6.45, 7) is 7.85. The van der Waals surface area contributed by atoms with Crippen molar-refractivity contribution < 1.29 is 9.53 Å². The molecule has 2 heterocycles. The molecule has 5 heteroatoms. The highest BCUT2D eigenvalue weighted by Crippen LogP contribution is 2.13. The smallest absolute Gasteiger partial charge is 0.320 e. The van der Waals surface area contributed by atoms with Crippen LogP contribution in [0.5, 0.6) is 0 Å². The minimum absolute atomic E-state index is 0.103. The van der Waals surface area contributed by atoms with Crippen molar-refractivity contribution in [3.05, 3.63) is 22.4 Å². The maximum Gasteiger partial charge on any atom is 0.320 e. The summed E-state index contributed by atoms with van der Waals surface area (Å²) < 4.78 is 5.00. The second kappa shape index (κ2) is 7.62. The number of rotatable bonds is 5. The molecule has 0 atom stereocenters. The highest BCUT2D eigenvalue weighted by molar-refractivity contribution is 7.09. The second-order valence-electron chi connectivity index (χ2n) is 4.79. The number of carbonyl (C=O) groups excluding carboxylic acids is 1. The molecule has 0 bridgehead atoms. The largest absolute Gasteiger partial charge is 0.465 e. The maximum absolute atomic E-state index is 11.5. The van der Waals surface area contributed by atoms with E-state index in [1.165, 1.54) is 4.88 Å². The Morgan fingerprint density at radius 2 is 2.11 bits per heavy atom. The zero-order chi connectivity index (χ0) is 13.5. The van der Waals surface area contributed by atoms with Crippen LogP contribution < -0.4 is 0 Å². The molecule has 106 valence electrons. The van der Waals surface area contributed by atoms with Gasteiger partial charge < -0.3 is 4.74 Å². The van der Waals surface area contributed by atoms with E-state index in [9.17, 15) is 4.79 Å². The van der Waals surface area contributed by atoms with E-state index in [-0.39, 0.29) is 5.97 Å². The Hall–Kier alpha value is -0.910. The van der Waals surface area contributed by atoms with E-state index >= 15 is 0 Å². The van der Waals surface area contributed by atoms with Gasteiger partial charge in [0.05, 0.1) is 13.2 Å². The first-order valence-electron chi connectivity index (χ1n) is 6.90. The summed E-state index contributed by atoms with van der Waals surface area (Å²) in [6.07, 6.45) is 1.12. The Morgan fingerprint density at radius 1 is 1.32 bits per heavy atom. The van der Waals surface area contributed by atoms with Crippen molar-refractivity contribution in [3.63, 3.8) is 0 Å². The summed E-state index contributed by atoms with van der Waals surface area (Å²) >= 11 is 1.81. The average molecular weight is 282 g/mol. The van der Waals surface area contributed by atoms with Crippen LogP contribution in [0.4, 0.5) is 0 Å². The molecule has 1 saturated heterocycles. The number of thiophene rings is 1. The van der Waals surface area contributed by atoms with E-state index in [1.807, 2.05) is 18.3 Å². The first kappa shape index (κ1) is 14.5. The molecule has 1 aromatic rings. The topological polar surface area (TPSA) is 32.8 Å². The molecule has 0 amide bonds. The van der Waals surface area contributed by atoms with Gasteiger partial charge in [0.25, 0.3) is 0 Å². The molecule has 0 saturated carbocycles. The fourth-order valence-electron chi connectivity index (χ4n) is 2.35. The molecule has 19 heavy (non-hydrogen) atoms. The summed E-state index contributed by atoms with van der Waals surface area (Å²) in [4.78, 5) is 17.6. The van der Waals surface area contributed by atoms with Gasteiger partial charge >= 0.3 is 5.97 Å². The van der Waals surface area contributed by atoms with Crippen molar-refractivity contribution in [3.8, 4) is 0 Å². The number of nitrogens with zero attached hydrogens (tertiary/aromatic N) is 2. The molecule has 2 rings (SSSR count). The van der Waals surface area contributed by atoms with Crippen molar-refractivity contribution in [2.75, 3.05) is 39.3 Å². The zero-order valence-electron chi connectivity index (χ0n) is 11.5. The summed E-state index contributed by atoms with van der Waals surface area (Å²) in [7, 11) is 0. The summed E-state index contributed by atoms with van der Waals surface area (Å²) in [5, 5.41) is 2.13. The highest BCUT2D eigenvalue weighted by Gasteiger charge is 2.17. The molecule has 1 aromatic heterocycles. The van der Waals surface area contributed by atoms with Gasteiger partial charge in [-0.3, -0.25) is 14.6 Å². The van der Waals surface area contributed by atoms with Crippen LogP contribution in [0.1, 0.15) is 18.2 Å². The van der Waals surface area contributed by atoms with E-state index in [4.69, 9.17) is 4.74 Å². The SMILES string of the molecule is CCOC(=O)CN1CCCN(Cc2cccs2)CC1. The van der Waals surface area contributed by atoms with Gasteiger partial charge in [0, 0.05) is 31.1 Å². The van der Waals surface area contributed by atoms with Crippen molar-refractivity contribution in [2.24, 2.45) is 0 Å². The van der Waals surface area contributed by atoms with E-state index in [1.54, 1.807) is 0 Å². The standard InChI is InChI=1S/C14H22N2O2S/c1-2-18-14(17)12-16-7-4-6-15(8-9-16)11-13-5-3-10-19-13/h3,5,10H,2,4,6-9,11-12H2,1H3. The molecule has 0 radical (unpaired) electrons. The van der Waals surface area contributed by atoms with Gasteiger partial charge in [-0.15, -0.1) is 11.3 Å². The first-order chi connectivity index (χ1) is 9.28. The van der Waals surface area contributed by atoms with Crippen LogP contribution in [0.15, 0.2) is 17.5 Å². The van der Waals surface area contributed by atoms with E-state index in [2.05, 4.69) is 27.3 Å². The van der Waals surface area contributed by atoms with Gasteiger partial charge in [-0.1, -0.05) is 6.07 Å². The lowest BCUT2D eigenvalue weighted by molar-refractivity contribution is -0.144. The molecule has 0 unspecified atom stereocenters. The van der Waals surface area contributed by atoms with E-state index < -0.39 is 0 Å². The van der Waals surface area contributed by atoms with Crippen LogP contribution in [-0.2, 0) is 16.1 Å². The summed E-state index contributed by atoms with van der Waals surface area (Å²) in [6, 6.07) is 4.29. The number of hydrogen-bond acceptors (Lipinski definition) is 5. The molecular formula is C14H22N2O2S. The second-order valence-corrected chi connectivity index (χ2v) is 5.82. The molecule has 1 fully saturated rings. The quantitative estimate of drug-likeness (QED) is 0.771. The highest BCUT2D eigenvalue weighted by atomic mass is 32.1. The van der Waals surface area contributed by atoms with Crippen LogP contribution in [0, 0.1) is 0 Å².